The summed E-state index contributed by atoms with van der Waals surface area (Å²) in [6.07, 6.45) is -4.34. The predicted molar refractivity (Wildman–Crippen MR) is 97.8 cm³/mol. The average molecular weight is 414 g/mol. The number of hydrogen-bond donors (Lipinski definition) is 0. The molecule has 0 spiro atoms. The summed E-state index contributed by atoms with van der Waals surface area (Å²) in [6.45, 7) is 0.266. The second kappa shape index (κ2) is 7.67. The van der Waals surface area contributed by atoms with Gasteiger partial charge in [0.05, 0.1) is 12.0 Å². The molecule has 0 amide bonds. The van der Waals surface area contributed by atoms with Crippen molar-refractivity contribution < 1.29 is 17.9 Å². The number of aryl methyl sites for hydroxylation is 1. The van der Waals surface area contributed by atoms with Crippen molar-refractivity contribution in [1.82, 2.24) is 14.1 Å². The Balaban J connectivity index is 1.84. The van der Waals surface area contributed by atoms with Gasteiger partial charge in [-0.3, -0.25) is 13.9 Å². The first-order valence-corrected chi connectivity index (χ1v) is 8.62. The van der Waals surface area contributed by atoms with E-state index in [1.54, 1.807) is 24.3 Å². The van der Waals surface area contributed by atoms with Gasteiger partial charge in [0, 0.05) is 18.6 Å². The molecule has 1 aromatic carbocycles. The van der Waals surface area contributed by atoms with Crippen molar-refractivity contribution in [2.75, 3.05) is 6.61 Å². The number of alkyl halides is 3. The van der Waals surface area contributed by atoms with E-state index in [4.69, 9.17) is 16.3 Å². The highest BCUT2D eigenvalue weighted by Gasteiger charge is 2.33. The van der Waals surface area contributed by atoms with E-state index in [1.165, 1.54) is 7.05 Å². The molecule has 0 radical (unpaired) electrons. The molecule has 0 bridgehead atoms. The summed E-state index contributed by atoms with van der Waals surface area (Å²) < 4.78 is 45.9. The molecule has 0 saturated heterocycles. The zero-order valence-corrected chi connectivity index (χ0v) is 15.4. The van der Waals surface area contributed by atoms with E-state index in [0.29, 0.717) is 17.2 Å². The lowest BCUT2D eigenvalue weighted by Gasteiger charge is -2.12. The molecule has 2 aromatic heterocycles. The monoisotopic (exact) mass is 413 g/mol. The van der Waals surface area contributed by atoms with Crippen molar-refractivity contribution in [3.63, 3.8) is 0 Å². The maximum absolute atomic E-state index is 12.8. The van der Waals surface area contributed by atoms with Crippen molar-refractivity contribution in [1.29, 1.82) is 0 Å². The number of ether oxygens (including phenoxy) is 1. The van der Waals surface area contributed by atoms with Crippen LogP contribution in [0.15, 0.2) is 46.0 Å². The first-order chi connectivity index (χ1) is 13.2. The number of aromatic nitrogens is 3. The lowest BCUT2D eigenvalue weighted by Crippen LogP contribution is -2.39. The zero-order valence-electron chi connectivity index (χ0n) is 14.7. The number of hydrogen-bond acceptors (Lipinski definition) is 4. The van der Waals surface area contributed by atoms with Crippen LogP contribution in [0.1, 0.15) is 12.1 Å². The van der Waals surface area contributed by atoms with Gasteiger partial charge in [-0.2, -0.15) is 13.2 Å². The Hall–Kier alpha value is -2.81. The molecule has 2 heterocycles. The lowest BCUT2D eigenvalue weighted by molar-refractivity contribution is -0.141. The minimum Gasteiger partial charge on any atom is -0.493 e. The van der Waals surface area contributed by atoms with E-state index < -0.39 is 23.1 Å². The van der Waals surface area contributed by atoms with Gasteiger partial charge in [-0.15, -0.1) is 0 Å². The van der Waals surface area contributed by atoms with Crippen LogP contribution in [0.3, 0.4) is 0 Å². The molecular weight excluding hydrogens is 399 g/mol. The van der Waals surface area contributed by atoms with Crippen LogP contribution in [0.5, 0.6) is 5.75 Å². The molecular formula is C18H15ClF3N3O3. The van der Waals surface area contributed by atoms with Gasteiger partial charge in [0.25, 0.3) is 5.56 Å². The molecule has 0 fully saturated rings. The average Bonchev–Trinajstić information content (AvgIpc) is 2.64. The van der Waals surface area contributed by atoms with Gasteiger partial charge in [0.15, 0.2) is 0 Å². The van der Waals surface area contributed by atoms with Crippen molar-refractivity contribution in [3.05, 3.63) is 68.0 Å². The lowest BCUT2D eigenvalue weighted by atomic mass is 10.2. The van der Waals surface area contributed by atoms with Crippen LogP contribution in [-0.2, 0) is 19.8 Å². The highest BCUT2D eigenvalue weighted by atomic mass is 35.5. The second-order valence-electron chi connectivity index (χ2n) is 6.02. The fraction of sp³-hybridized carbons (Fsp3) is 0.278. The standard InChI is InChI=1S/C18H15ClF3N3O3/c1-24-15-13(6-7-14(23-15)18(20,21)22)16(26)25(17(24)27)8-3-9-28-12-5-2-4-11(19)10-12/h2,4-7,10H,3,8-9H2,1H3. The maximum Gasteiger partial charge on any atom is 0.433 e. The van der Waals surface area contributed by atoms with Crippen LogP contribution < -0.4 is 16.0 Å². The van der Waals surface area contributed by atoms with Gasteiger partial charge in [-0.05, 0) is 36.8 Å². The molecule has 3 rings (SSSR count). The third-order valence-electron chi connectivity index (χ3n) is 4.07. The smallest absolute Gasteiger partial charge is 0.433 e. The molecule has 10 heteroatoms. The van der Waals surface area contributed by atoms with Gasteiger partial charge >= 0.3 is 11.9 Å². The van der Waals surface area contributed by atoms with E-state index >= 15 is 0 Å². The highest BCUT2D eigenvalue weighted by molar-refractivity contribution is 6.30. The van der Waals surface area contributed by atoms with Crippen molar-refractivity contribution in [2.45, 2.75) is 19.1 Å². The Kier molecular flexibility index (Phi) is 5.46. The summed E-state index contributed by atoms with van der Waals surface area (Å²) in [7, 11) is 1.27. The fourth-order valence-electron chi connectivity index (χ4n) is 2.70. The molecule has 0 aliphatic rings. The van der Waals surface area contributed by atoms with E-state index in [1.807, 2.05) is 0 Å². The number of benzene rings is 1. The largest absolute Gasteiger partial charge is 0.493 e. The van der Waals surface area contributed by atoms with Crippen LogP contribution in [0.2, 0.25) is 5.02 Å². The Morgan fingerprint density at radius 3 is 2.61 bits per heavy atom. The third-order valence-corrected chi connectivity index (χ3v) is 4.30. The van der Waals surface area contributed by atoms with E-state index in [0.717, 1.165) is 21.3 Å². The minimum absolute atomic E-state index is 0.0447. The SMILES string of the molecule is Cn1c(=O)n(CCCOc2cccc(Cl)c2)c(=O)c2ccc(C(F)(F)F)nc21. The molecule has 3 aromatic rings. The highest BCUT2D eigenvalue weighted by Crippen LogP contribution is 2.28. The fourth-order valence-corrected chi connectivity index (χ4v) is 2.88. The summed E-state index contributed by atoms with van der Waals surface area (Å²) in [6, 6.07) is 8.53. The second-order valence-corrected chi connectivity index (χ2v) is 6.46. The summed E-state index contributed by atoms with van der Waals surface area (Å²) in [5.41, 5.74) is -2.91. The molecule has 148 valence electrons. The summed E-state index contributed by atoms with van der Waals surface area (Å²) in [4.78, 5) is 28.4. The number of pyridine rings is 1. The normalized spacial score (nSPS) is 11.8. The third kappa shape index (κ3) is 4.04. The van der Waals surface area contributed by atoms with Gasteiger partial charge in [0.1, 0.15) is 17.1 Å². The van der Waals surface area contributed by atoms with Crippen molar-refractivity contribution in [2.24, 2.45) is 7.05 Å². The topological polar surface area (TPSA) is 66.1 Å². The molecule has 0 N–H and O–H groups in total. The Morgan fingerprint density at radius 2 is 1.93 bits per heavy atom. The Morgan fingerprint density at radius 1 is 1.18 bits per heavy atom. The van der Waals surface area contributed by atoms with Gasteiger partial charge in [-0.25, -0.2) is 9.78 Å². The Labute approximate surface area is 161 Å². The number of nitrogens with zero attached hydrogens (tertiary/aromatic N) is 3. The van der Waals surface area contributed by atoms with E-state index in [2.05, 4.69) is 4.98 Å². The number of fused-ring (bicyclic) bond motifs is 1. The Bertz CT molecular complexity index is 1140. The molecule has 0 atom stereocenters. The number of halogens is 4. The maximum atomic E-state index is 12.8. The van der Waals surface area contributed by atoms with E-state index in [9.17, 15) is 22.8 Å². The van der Waals surface area contributed by atoms with E-state index in [-0.39, 0.29) is 24.2 Å². The predicted octanol–water partition coefficient (Wildman–Crippen LogP) is 3.24. The first-order valence-electron chi connectivity index (χ1n) is 8.24. The summed E-state index contributed by atoms with van der Waals surface area (Å²) in [5, 5.41) is 0.453. The van der Waals surface area contributed by atoms with Crippen LogP contribution >= 0.6 is 11.6 Å². The quantitative estimate of drug-likeness (QED) is 0.602. The molecule has 0 aliphatic heterocycles. The van der Waals surface area contributed by atoms with Crippen LogP contribution in [0.4, 0.5) is 13.2 Å². The zero-order chi connectivity index (χ0) is 20.5. The minimum atomic E-state index is -4.67. The van der Waals surface area contributed by atoms with Crippen LogP contribution in [0, 0.1) is 0 Å². The van der Waals surface area contributed by atoms with Crippen molar-refractivity contribution in [3.8, 4) is 5.75 Å². The van der Waals surface area contributed by atoms with Gasteiger partial charge in [-0.1, -0.05) is 17.7 Å². The molecule has 0 unspecified atom stereocenters. The molecule has 28 heavy (non-hydrogen) atoms. The van der Waals surface area contributed by atoms with Gasteiger partial charge in [0.2, 0.25) is 0 Å². The summed E-state index contributed by atoms with van der Waals surface area (Å²) in [5.74, 6) is 0.551. The molecule has 0 saturated carbocycles. The van der Waals surface area contributed by atoms with Crippen molar-refractivity contribution >= 4 is 22.6 Å². The van der Waals surface area contributed by atoms with Crippen LogP contribution in [-0.4, -0.2) is 20.7 Å². The molecule has 6 nitrogen and oxygen atoms in total. The van der Waals surface area contributed by atoms with Gasteiger partial charge < -0.3 is 4.74 Å². The number of rotatable bonds is 5. The van der Waals surface area contributed by atoms with Crippen LogP contribution in [0.25, 0.3) is 11.0 Å². The first kappa shape index (κ1) is 19.9. The summed E-state index contributed by atoms with van der Waals surface area (Å²) >= 11 is 5.86. The molecule has 0 aliphatic carbocycles.